The fraction of sp³-hybridized carbons (Fsp3) is 0.583. The fourth-order valence-electron chi connectivity index (χ4n) is 1.73. The number of hydrogen-bond acceptors (Lipinski definition) is 4. The average Bonchev–Trinajstić information content (AvgIpc) is 2.25. The minimum atomic E-state index is 0.293. The number of hydrogen-bond donors (Lipinski definition) is 2. The number of aromatic nitrogens is 1. The molecule has 0 amide bonds. The molecule has 0 aliphatic rings. The third-order valence-electron chi connectivity index (χ3n) is 2.56. The van der Waals surface area contributed by atoms with E-state index in [2.05, 4.69) is 36.2 Å². The van der Waals surface area contributed by atoms with Crippen molar-refractivity contribution in [2.24, 2.45) is 0 Å². The number of pyridine rings is 1. The largest absolute Gasteiger partial charge is 0.383 e. The molecule has 0 saturated heterocycles. The van der Waals surface area contributed by atoms with Crippen molar-refractivity contribution in [3.05, 3.63) is 23.9 Å². The summed E-state index contributed by atoms with van der Waals surface area (Å²) in [4.78, 5) is 6.31. The monoisotopic (exact) mass is 222 g/mol. The van der Waals surface area contributed by atoms with Gasteiger partial charge in [-0.05, 0) is 39.7 Å². The van der Waals surface area contributed by atoms with Gasteiger partial charge in [0.05, 0.1) is 0 Å². The lowest BCUT2D eigenvalue weighted by Crippen LogP contribution is -2.26. The summed E-state index contributed by atoms with van der Waals surface area (Å²) in [6.45, 7) is 4.08. The number of nitrogens with zero attached hydrogens (tertiary/aromatic N) is 2. The quantitative estimate of drug-likeness (QED) is 0.761. The van der Waals surface area contributed by atoms with E-state index < -0.39 is 0 Å². The summed E-state index contributed by atoms with van der Waals surface area (Å²) >= 11 is 0. The molecule has 1 atom stereocenters. The molecule has 0 aromatic carbocycles. The maximum Gasteiger partial charge on any atom is 0.128 e. The van der Waals surface area contributed by atoms with E-state index in [0.717, 1.165) is 25.1 Å². The normalized spacial score (nSPS) is 13.0. The van der Waals surface area contributed by atoms with Crippen LogP contribution in [-0.4, -0.2) is 37.1 Å². The molecule has 0 aliphatic carbocycles. The van der Waals surface area contributed by atoms with E-state index in [1.165, 1.54) is 0 Å². The van der Waals surface area contributed by atoms with Crippen LogP contribution >= 0.6 is 0 Å². The molecule has 16 heavy (non-hydrogen) atoms. The van der Waals surface area contributed by atoms with Gasteiger partial charge < -0.3 is 16.0 Å². The molecule has 1 aromatic rings. The topological polar surface area (TPSA) is 54.2 Å². The van der Waals surface area contributed by atoms with Gasteiger partial charge in [0.2, 0.25) is 0 Å². The number of rotatable bonds is 6. The predicted molar refractivity (Wildman–Crippen MR) is 68.2 cm³/mol. The maximum absolute atomic E-state index is 5.89. The van der Waals surface area contributed by atoms with E-state index in [9.17, 15) is 0 Å². The molecule has 4 heteroatoms. The van der Waals surface area contributed by atoms with Crippen molar-refractivity contribution in [3.63, 3.8) is 0 Å². The highest BCUT2D eigenvalue weighted by atomic mass is 15.1. The van der Waals surface area contributed by atoms with E-state index in [4.69, 9.17) is 5.73 Å². The lowest BCUT2D eigenvalue weighted by Gasteiger charge is -2.21. The highest BCUT2D eigenvalue weighted by Crippen LogP contribution is 2.20. The second-order valence-electron chi connectivity index (χ2n) is 4.18. The third-order valence-corrected chi connectivity index (χ3v) is 2.56. The van der Waals surface area contributed by atoms with Gasteiger partial charge in [0, 0.05) is 17.8 Å². The van der Waals surface area contributed by atoms with Gasteiger partial charge in [-0.15, -0.1) is 0 Å². The Morgan fingerprint density at radius 1 is 1.50 bits per heavy atom. The predicted octanol–water partition coefficient (Wildman–Crippen LogP) is 1.27. The van der Waals surface area contributed by atoms with E-state index in [-0.39, 0.29) is 0 Å². The third kappa shape index (κ3) is 3.79. The van der Waals surface area contributed by atoms with E-state index in [0.29, 0.717) is 11.9 Å². The first-order valence-electron chi connectivity index (χ1n) is 5.73. The fourth-order valence-corrected chi connectivity index (χ4v) is 1.73. The second-order valence-corrected chi connectivity index (χ2v) is 4.18. The minimum Gasteiger partial charge on any atom is -0.383 e. The first-order valence-corrected chi connectivity index (χ1v) is 5.73. The van der Waals surface area contributed by atoms with Gasteiger partial charge in [-0.2, -0.15) is 0 Å². The highest BCUT2D eigenvalue weighted by Gasteiger charge is 2.13. The van der Waals surface area contributed by atoms with Crippen LogP contribution in [0.2, 0.25) is 0 Å². The number of nitrogen functional groups attached to an aromatic ring is 1. The standard InChI is InChI=1S/C12H22N4/c1-4-14-11(7-9-16(2)3)10-6-5-8-15-12(10)13/h5-6,8,11,14H,4,7,9H2,1-3H3,(H2,13,15). The van der Waals surface area contributed by atoms with Crippen molar-refractivity contribution >= 4 is 5.82 Å². The van der Waals surface area contributed by atoms with Gasteiger partial charge in [-0.25, -0.2) is 4.98 Å². The van der Waals surface area contributed by atoms with Crippen molar-refractivity contribution in [2.75, 3.05) is 32.9 Å². The van der Waals surface area contributed by atoms with Crippen LogP contribution in [0.15, 0.2) is 18.3 Å². The van der Waals surface area contributed by atoms with Crippen molar-refractivity contribution in [2.45, 2.75) is 19.4 Å². The smallest absolute Gasteiger partial charge is 0.128 e. The Kier molecular flexibility index (Phi) is 5.22. The van der Waals surface area contributed by atoms with E-state index in [1.807, 2.05) is 12.1 Å². The van der Waals surface area contributed by atoms with Crippen LogP contribution in [0.25, 0.3) is 0 Å². The molecule has 90 valence electrons. The summed E-state index contributed by atoms with van der Waals surface area (Å²) in [6.07, 6.45) is 2.77. The SMILES string of the molecule is CCNC(CCN(C)C)c1cccnc1N. The van der Waals surface area contributed by atoms with Crippen molar-refractivity contribution < 1.29 is 0 Å². The summed E-state index contributed by atoms with van der Waals surface area (Å²) in [5, 5.41) is 3.45. The zero-order valence-corrected chi connectivity index (χ0v) is 10.4. The van der Waals surface area contributed by atoms with Crippen LogP contribution in [0.1, 0.15) is 24.9 Å². The first-order chi connectivity index (χ1) is 7.65. The van der Waals surface area contributed by atoms with Gasteiger partial charge in [-0.1, -0.05) is 13.0 Å². The molecule has 0 spiro atoms. The van der Waals surface area contributed by atoms with Crippen molar-refractivity contribution in [3.8, 4) is 0 Å². The summed E-state index contributed by atoms with van der Waals surface area (Å²) in [7, 11) is 4.16. The Labute approximate surface area is 97.9 Å². The van der Waals surface area contributed by atoms with Crippen LogP contribution in [-0.2, 0) is 0 Å². The molecular weight excluding hydrogens is 200 g/mol. The van der Waals surface area contributed by atoms with Crippen LogP contribution in [0.3, 0.4) is 0 Å². The van der Waals surface area contributed by atoms with Gasteiger partial charge in [-0.3, -0.25) is 0 Å². The molecule has 4 nitrogen and oxygen atoms in total. The molecular formula is C12H22N4. The molecule has 0 fully saturated rings. The summed E-state index contributed by atoms with van der Waals surface area (Å²) in [5.41, 5.74) is 7.00. The molecule has 1 rings (SSSR count). The lowest BCUT2D eigenvalue weighted by molar-refractivity contribution is 0.363. The highest BCUT2D eigenvalue weighted by molar-refractivity contribution is 5.40. The molecule has 1 unspecified atom stereocenters. The average molecular weight is 222 g/mol. The maximum atomic E-state index is 5.89. The Morgan fingerprint density at radius 2 is 2.25 bits per heavy atom. The molecule has 3 N–H and O–H groups in total. The first kappa shape index (κ1) is 12.9. The zero-order chi connectivity index (χ0) is 12.0. The molecule has 0 saturated carbocycles. The van der Waals surface area contributed by atoms with Crippen LogP contribution in [0.5, 0.6) is 0 Å². The Morgan fingerprint density at radius 3 is 2.81 bits per heavy atom. The van der Waals surface area contributed by atoms with Crippen molar-refractivity contribution in [1.82, 2.24) is 15.2 Å². The molecule has 0 bridgehead atoms. The van der Waals surface area contributed by atoms with Gasteiger partial charge in [0.15, 0.2) is 0 Å². The van der Waals surface area contributed by atoms with Gasteiger partial charge in [0.1, 0.15) is 5.82 Å². The summed E-state index contributed by atoms with van der Waals surface area (Å²) in [6, 6.07) is 4.28. The van der Waals surface area contributed by atoms with Gasteiger partial charge in [0.25, 0.3) is 0 Å². The number of nitrogens with one attached hydrogen (secondary N) is 1. The molecule has 0 radical (unpaired) electrons. The van der Waals surface area contributed by atoms with E-state index >= 15 is 0 Å². The van der Waals surface area contributed by atoms with Crippen LogP contribution < -0.4 is 11.1 Å². The van der Waals surface area contributed by atoms with Crippen LogP contribution in [0, 0.1) is 0 Å². The molecule has 0 aliphatic heterocycles. The number of anilines is 1. The Bertz CT molecular complexity index is 312. The minimum absolute atomic E-state index is 0.293. The summed E-state index contributed by atoms with van der Waals surface area (Å²) in [5.74, 6) is 0.632. The Hall–Kier alpha value is -1.13. The second kappa shape index (κ2) is 6.45. The summed E-state index contributed by atoms with van der Waals surface area (Å²) < 4.78 is 0. The zero-order valence-electron chi connectivity index (χ0n) is 10.4. The van der Waals surface area contributed by atoms with E-state index in [1.54, 1.807) is 6.20 Å². The lowest BCUT2D eigenvalue weighted by atomic mass is 10.0. The van der Waals surface area contributed by atoms with Crippen molar-refractivity contribution in [1.29, 1.82) is 0 Å². The van der Waals surface area contributed by atoms with Gasteiger partial charge >= 0.3 is 0 Å². The molecule has 1 heterocycles. The molecule has 1 aromatic heterocycles. The number of nitrogens with two attached hydrogens (primary N) is 1. The Balaban J connectivity index is 2.73. The van der Waals surface area contributed by atoms with Crippen LogP contribution in [0.4, 0.5) is 5.82 Å².